The van der Waals surface area contributed by atoms with Gasteiger partial charge in [0.05, 0.1) is 34.0 Å². The van der Waals surface area contributed by atoms with Crippen molar-refractivity contribution in [2.24, 2.45) is 0 Å². The van der Waals surface area contributed by atoms with Crippen molar-refractivity contribution in [3.05, 3.63) is 65.7 Å². The SMILES string of the molecule is C.CC(C)(C)[O-].CCCCOc1ccc(/C=C/C(=O)OC)cc1.CCCCOc1ccc(C=O)cc1.CCOP(C)(=O)CC(=O)OC.[HH].[K+]. The molecule has 48 heavy (non-hydrogen) atoms. The van der Waals surface area contributed by atoms with E-state index in [-0.39, 0.29) is 72.4 Å². The Morgan fingerprint density at radius 1 is 0.833 bits per heavy atom. The van der Waals surface area contributed by atoms with Gasteiger partial charge in [0.15, 0.2) is 0 Å². The molecule has 1 unspecified atom stereocenters. The fraction of sp³-hybridized carbons (Fsp3) is 0.528. The van der Waals surface area contributed by atoms with Crippen LogP contribution in [-0.2, 0) is 28.2 Å². The van der Waals surface area contributed by atoms with Gasteiger partial charge in [-0.3, -0.25) is 14.2 Å². The zero-order valence-corrected chi connectivity index (χ0v) is 34.1. The van der Waals surface area contributed by atoms with E-state index < -0.39 is 18.9 Å². The number of benzene rings is 2. The van der Waals surface area contributed by atoms with Gasteiger partial charge in [0.2, 0.25) is 7.37 Å². The van der Waals surface area contributed by atoms with Gasteiger partial charge in [-0.2, -0.15) is 0 Å². The number of esters is 2. The molecule has 0 amide bonds. The van der Waals surface area contributed by atoms with Crippen LogP contribution in [-0.4, -0.2) is 70.7 Å². The maximum atomic E-state index is 11.3. The van der Waals surface area contributed by atoms with Crippen LogP contribution in [0.25, 0.3) is 6.08 Å². The molecule has 0 saturated heterocycles. The van der Waals surface area contributed by atoms with Crippen LogP contribution in [0.15, 0.2) is 54.6 Å². The molecular weight excluding hydrogens is 662 g/mol. The molecule has 0 saturated carbocycles. The molecule has 2 rings (SSSR count). The average Bonchev–Trinajstić information content (AvgIpc) is 3.00. The number of methoxy groups -OCH3 is 2. The van der Waals surface area contributed by atoms with Crippen molar-refractivity contribution in [2.45, 2.75) is 80.3 Å². The molecule has 12 heteroatoms. The second-order valence-electron chi connectivity index (χ2n) is 10.8. The molecule has 2 aromatic carbocycles. The number of carbonyl (C=O) groups excluding carboxylic acids is 3. The number of unbranched alkanes of at least 4 members (excludes halogenated alkanes) is 2. The number of aldehydes is 1. The van der Waals surface area contributed by atoms with Gasteiger partial charge in [-0.15, -0.1) is 5.60 Å². The summed E-state index contributed by atoms with van der Waals surface area (Å²) in [7, 11) is -0.123. The number of ether oxygens (including phenoxy) is 4. The third-order valence-corrected chi connectivity index (χ3v) is 6.73. The van der Waals surface area contributed by atoms with Crippen molar-refractivity contribution in [1.82, 2.24) is 0 Å². The molecule has 0 N–H and O–H groups in total. The van der Waals surface area contributed by atoms with Gasteiger partial charge in [-0.1, -0.05) is 67.0 Å². The van der Waals surface area contributed by atoms with Gasteiger partial charge < -0.3 is 28.6 Å². The molecule has 2 aromatic rings. The second kappa shape index (κ2) is 32.4. The zero-order chi connectivity index (χ0) is 35.4. The Balaban J connectivity index is -0.000000183. The minimum Gasteiger partial charge on any atom is -0.850 e. The summed E-state index contributed by atoms with van der Waals surface area (Å²) < 4.78 is 35.9. The normalized spacial score (nSPS) is 11.1. The minimum atomic E-state index is -2.74. The van der Waals surface area contributed by atoms with Gasteiger partial charge in [0, 0.05) is 19.7 Å². The van der Waals surface area contributed by atoms with Crippen LogP contribution < -0.4 is 66.0 Å². The molecule has 10 nitrogen and oxygen atoms in total. The largest absolute Gasteiger partial charge is 1.00 e. The molecule has 0 bridgehead atoms. The van der Waals surface area contributed by atoms with E-state index in [1.54, 1.807) is 45.9 Å². The van der Waals surface area contributed by atoms with Crippen LogP contribution in [0.2, 0.25) is 0 Å². The quantitative estimate of drug-likeness (QED) is 0.0626. The molecule has 270 valence electrons. The Hall–Kier alpha value is -1.82. The first kappa shape index (κ1) is 53.0. The van der Waals surface area contributed by atoms with Crippen molar-refractivity contribution in [3.8, 4) is 11.5 Å². The Labute approximate surface area is 333 Å². The van der Waals surface area contributed by atoms with Gasteiger partial charge in [-0.05, 0) is 67.8 Å². The predicted molar refractivity (Wildman–Crippen MR) is 191 cm³/mol. The summed E-state index contributed by atoms with van der Waals surface area (Å²) in [5.74, 6) is 0.838. The van der Waals surface area contributed by atoms with Gasteiger partial charge in [0.25, 0.3) is 0 Å². The van der Waals surface area contributed by atoms with Crippen molar-refractivity contribution in [1.29, 1.82) is 0 Å². The number of hydrogen-bond donors (Lipinski definition) is 0. The zero-order valence-electron chi connectivity index (χ0n) is 30.0. The fourth-order valence-corrected chi connectivity index (χ4v) is 4.07. The molecule has 0 aromatic heterocycles. The summed E-state index contributed by atoms with van der Waals surface area (Å²) in [6.07, 6.45) is 8.17. The van der Waals surface area contributed by atoms with Gasteiger partial charge in [-0.25, -0.2) is 4.79 Å². The van der Waals surface area contributed by atoms with Crippen LogP contribution in [0.1, 0.15) is 92.0 Å². The average molecular weight is 723 g/mol. The molecule has 0 spiro atoms. The third-order valence-electron chi connectivity index (χ3n) is 5.09. The Bertz CT molecular complexity index is 1160. The van der Waals surface area contributed by atoms with E-state index >= 15 is 0 Å². The van der Waals surface area contributed by atoms with E-state index in [0.29, 0.717) is 12.2 Å². The minimum absolute atomic E-state index is 0. The predicted octanol–water partition coefficient (Wildman–Crippen LogP) is 4.86. The van der Waals surface area contributed by atoms with Crippen LogP contribution in [0.3, 0.4) is 0 Å². The molecule has 0 aliphatic carbocycles. The smallest absolute Gasteiger partial charge is 0.850 e. The molecule has 0 radical (unpaired) electrons. The molecule has 0 aliphatic rings. The first-order valence-corrected chi connectivity index (χ1v) is 17.5. The third kappa shape index (κ3) is 35.5. The summed E-state index contributed by atoms with van der Waals surface area (Å²) in [6, 6.07) is 14.8. The van der Waals surface area contributed by atoms with Crippen LogP contribution >= 0.6 is 7.37 Å². The second-order valence-corrected chi connectivity index (χ2v) is 13.4. The standard InChI is InChI=1S/C14H18O3.C11H14O2.C6H13O4P.C4H9O.CH4.K.H2/c1-3-4-11-17-13-8-5-12(6-9-13)7-10-14(15)16-2;1-2-3-8-13-11-6-4-10(9-12)5-7-11;1-4-10-11(3,8)5-6(7)9-2;1-4(2,3)5;;;/h5-10H,3-4,11H2,1-2H3;4-7,9H,2-3,8H2,1H3;4-5H2,1-3H3;1-3H3;1H4;;1H/q;;;-1;;+1;/b10-7+;;;;;;. The van der Waals surface area contributed by atoms with E-state index in [4.69, 9.17) is 14.0 Å². The molecule has 0 fully saturated rings. The number of carbonyl (C=O) groups is 3. The van der Waals surface area contributed by atoms with Crippen LogP contribution in [0, 0.1) is 0 Å². The first-order chi connectivity index (χ1) is 21.6. The molecule has 0 heterocycles. The van der Waals surface area contributed by atoms with Crippen molar-refractivity contribution in [2.75, 3.05) is 46.9 Å². The van der Waals surface area contributed by atoms with E-state index in [1.165, 1.54) is 27.0 Å². The maximum absolute atomic E-state index is 11.3. The number of rotatable bonds is 15. The van der Waals surface area contributed by atoms with Crippen LogP contribution in [0.5, 0.6) is 11.5 Å². The molecule has 0 aliphatic heterocycles. The van der Waals surface area contributed by atoms with E-state index in [9.17, 15) is 24.1 Å². The van der Waals surface area contributed by atoms with Gasteiger partial charge in [0.1, 0.15) is 23.9 Å². The molecular formula is C36H60KO10P. The Morgan fingerprint density at radius 2 is 1.25 bits per heavy atom. The number of hydrogen-bond acceptors (Lipinski definition) is 10. The van der Waals surface area contributed by atoms with Crippen molar-refractivity contribution < 1.29 is 100 Å². The van der Waals surface area contributed by atoms with E-state index in [1.807, 2.05) is 36.4 Å². The Kier molecular flexibility index (Phi) is 35.7. The van der Waals surface area contributed by atoms with Crippen molar-refractivity contribution >= 4 is 31.7 Å². The summed E-state index contributed by atoms with van der Waals surface area (Å²) in [5, 5.41) is 10.1. The van der Waals surface area contributed by atoms with E-state index in [2.05, 4.69) is 23.3 Å². The summed E-state index contributed by atoms with van der Waals surface area (Å²) >= 11 is 0. The monoisotopic (exact) mass is 722 g/mol. The Morgan fingerprint density at radius 3 is 1.58 bits per heavy atom. The topological polar surface area (TPSA) is 137 Å². The van der Waals surface area contributed by atoms with Gasteiger partial charge >= 0.3 is 63.3 Å². The van der Waals surface area contributed by atoms with E-state index in [0.717, 1.165) is 62.2 Å². The summed E-state index contributed by atoms with van der Waals surface area (Å²) in [6.45, 7) is 14.1. The maximum Gasteiger partial charge on any atom is 1.00 e. The van der Waals surface area contributed by atoms with Crippen LogP contribution in [0.4, 0.5) is 0 Å². The summed E-state index contributed by atoms with van der Waals surface area (Å²) in [5.41, 5.74) is 0.876. The van der Waals surface area contributed by atoms with Crippen molar-refractivity contribution in [3.63, 3.8) is 0 Å². The molecule has 1 atom stereocenters. The summed E-state index contributed by atoms with van der Waals surface area (Å²) in [4.78, 5) is 31.9. The fourth-order valence-electron chi connectivity index (χ4n) is 2.84. The first-order valence-electron chi connectivity index (χ1n) is 15.3.